The van der Waals surface area contributed by atoms with E-state index in [-0.39, 0.29) is 22.6 Å². The molecule has 0 fully saturated rings. The summed E-state index contributed by atoms with van der Waals surface area (Å²) in [6, 6.07) is 8.74. The summed E-state index contributed by atoms with van der Waals surface area (Å²) in [4.78, 5) is 21.5. The fourth-order valence-electron chi connectivity index (χ4n) is 2.19. The van der Waals surface area contributed by atoms with Crippen LogP contribution in [-0.2, 0) is 7.05 Å². The Morgan fingerprint density at radius 3 is 2.16 bits per heavy atom. The molecule has 0 aliphatic carbocycles. The molecule has 1 aromatic heterocycles. The van der Waals surface area contributed by atoms with Gasteiger partial charge in [0.05, 0.1) is 17.4 Å². The molecule has 2 amide bonds. The van der Waals surface area contributed by atoms with Crippen molar-refractivity contribution in [2.24, 2.45) is 18.5 Å². The van der Waals surface area contributed by atoms with Gasteiger partial charge in [-0.05, 0) is 11.5 Å². The molecule has 1 heterocycles. The Kier molecular flexibility index (Phi) is 4.78. The Morgan fingerprint density at radius 2 is 1.68 bits per heavy atom. The molecule has 0 radical (unpaired) electrons. The molecule has 9 nitrogen and oxygen atoms in total. The summed E-state index contributed by atoms with van der Waals surface area (Å²) in [6.07, 6.45) is 1.34. The van der Waals surface area contributed by atoms with Gasteiger partial charge in [-0.25, -0.2) is 0 Å². The van der Waals surface area contributed by atoms with Crippen molar-refractivity contribution < 1.29 is 14.7 Å². The van der Waals surface area contributed by atoms with Crippen LogP contribution < -0.4 is 22.9 Å². The van der Waals surface area contributed by atoms with Crippen molar-refractivity contribution in [1.82, 2.24) is 9.78 Å². The molecule has 3 aromatic rings. The first-order chi connectivity index (χ1) is 11.7. The molecule has 0 unspecified atom stereocenters. The average Bonchev–Trinajstić information content (AvgIpc) is 2.91. The minimum atomic E-state index is -0.690. The van der Waals surface area contributed by atoms with Crippen molar-refractivity contribution in [2.45, 2.75) is 0 Å². The topological polar surface area (TPSA) is 176 Å². The molecular formula is C16H18N6O3. The zero-order chi connectivity index (χ0) is 18.7. The van der Waals surface area contributed by atoms with Crippen molar-refractivity contribution in [3.63, 3.8) is 0 Å². The van der Waals surface area contributed by atoms with E-state index >= 15 is 0 Å². The lowest BCUT2D eigenvalue weighted by atomic mass is 10.0. The molecule has 0 saturated heterocycles. The number of aryl methyl sites for hydroxylation is 1. The van der Waals surface area contributed by atoms with Crippen LogP contribution in [0.15, 0.2) is 36.5 Å². The lowest BCUT2D eigenvalue weighted by Gasteiger charge is -2.07. The highest BCUT2D eigenvalue weighted by Gasteiger charge is 2.13. The van der Waals surface area contributed by atoms with Gasteiger partial charge >= 0.3 is 0 Å². The first kappa shape index (κ1) is 17.6. The summed E-state index contributed by atoms with van der Waals surface area (Å²) in [7, 11) is 1.64. The van der Waals surface area contributed by atoms with Gasteiger partial charge in [0.25, 0.3) is 11.8 Å². The van der Waals surface area contributed by atoms with Gasteiger partial charge in [-0.2, -0.15) is 5.10 Å². The van der Waals surface area contributed by atoms with Gasteiger partial charge in [0.1, 0.15) is 11.4 Å². The summed E-state index contributed by atoms with van der Waals surface area (Å²) in [5.74, 6) is -1.19. The van der Waals surface area contributed by atoms with E-state index in [1.807, 2.05) is 12.1 Å². The van der Waals surface area contributed by atoms with Gasteiger partial charge < -0.3 is 28.0 Å². The van der Waals surface area contributed by atoms with Crippen LogP contribution in [-0.4, -0.2) is 26.7 Å². The second-order valence-electron chi connectivity index (χ2n) is 5.20. The highest BCUT2D eigenvalue weighted by Crippen LogP contribution is 2.33. The number of fused-ring (bicyclic) bond motifs is 1. The van der Waals surface area contributed by atoms with Crippen molar-refractivity contribution in [1.29, 1.82) is 0 Å². The van der Waals surface area contributed by atoms with E-state index in [4.69, 9.17) is 22.9 Å². The number of primary amides is 2. The number of aromatic hydroxyl groups is 1. The van der Waals surface area contributed by atoms with Gasteiger partial charge in [0.2, 0.25) is 0 Å². The molecule has 9 heteroatoms. The van der Waals surface area contributed by atoms with Crippen LogP contribution in [0, 0.1) is 0 Å². The first-order valence-electron chi connectivity index (χ1n) is 7.11. The lowest BCUT2D eigenvalue weighted by Crippen LogP contribution is -2.12. The number of rotatable bonds is 2. The van der Waals surface area contributed by atoms with Crippen LogP contribution in [0.2, 0.25) is 0 Å². The number of nitrogens with zero attached hydrogens (tertiary/aromatic N) is 2. The zero-order valence-electron chi connectivity index (χ0n) is 13.4. The number of benzene rings is 2. The largest absolute Gasteiger partial charge is 0.505 e. The molecule has 0 atom stereocenters. The smallest absolute Gasteiger partial charge is 0.254 e. The highest BCUT2D eigenvalue weighted by atomic mass is 16.3. The number of amides is 2. The van der Waals surface area contributed by atoms with Crippen LogP contribution in [0.5, 0.6) is 5.75 Å². The molecular weight excluding hydrogens is 324 g/mol. The fraction of sp³-hybridized carbons (Fsp3) is 0.0625. The molecule has 2 aromatic carbocycles. The maximum Gasteiger partial charge on any atom is 0.254 e. The van der Waals surface area contributed by atoms with E-state index in [1.165, 1.54) is 16.9 Å². The number of aromatic nitrogens is 2. The average molecular weight is 342 g/mol. The van der Waals surface area contributed by atoms with Gasteiger partial charge in [-0.3, -0.25) is 14.3 Å². The second kappa shape index (κ2) is 6.79. The lowest BCUT2D eigenvalue weighted by molar-refractivity contribution is 0.0990. The van der Waals surface area contributed by atoms with E-state index in [2.05, 4.69) is 5.10 Å². The Bertz CT molecular complexity index is 964. The molecule has 0 saturated carbocycles. The third-order valence-electron chi connectivity index (χ3n) is 3.58. The number of hydrogen-bond acceptors (Lipinski definition) is 6. The van der Waals surface area contributed by atoms with Crippen molar-refractivity contribution >= 4 is 34.1 Å². The van der Waals surface area contributed by atoms with Crippen LogP contribution in [0.25, 0.3) is 10.8 Å². The number of carbonyl (C=O) groups excluding carboxylic acids is 2. The van der Waals surface area contributed by atoms with Crippen molar-refractivity contribution in [3.05, 3.63) is 47.7 Å². The molecule has 0 bridgehead atoms. The van der Waals surface area contributed by atoms with Crippen molar-refractivity contribution in [3.8, 4) is 5.75 Å². The summed E-state index contributed by atoms with van der Waals surface area (Å²) in [5.41, 5.74) is 21.7. The van der Waals surface area contributed by atoms with Crippen LogP contribution in [0.3, 0.4) is 0 Å². The Balaban J connectivity index is 0.000000196. The third-order valence-corrected chi connectivity index (χ3v) is 3.58. The van der Waals surface area contributed by atoms with Crippen LogP contribution in [0.1, 0.15) is 20.7 Å². The SMILES string of the molecule is Cn1ncc(C(N)=O)c1N.NC(=O)c1cc2ccccc2c(N)c1O. The number of carbonyl (C=O) groups is 2. The summed E-state index contributed by atoms with van der Waals surface area (Å²) in [5, 5.41) is 14.9. The highest BCUT2D eigenvalue weighted by molar-refractivity contribution is 6.06. The maximum absolute atomic E-state index is 11.0. The summed E-state index contributed by atoms with van der Waals surface area (Å²) in [6.45, 7) is 0. The molecule has 0 aliphatic rings. The Morgan fingerprint density at radius 1 is 1.08 bits per heavy atom. The number of hydrogen-bond donors (Lipinski definition) is 5. The van der Waals surface area contributed by atoms with Crippen LogP contribution in [0.4, 0.5) is 11.5 Å². The predicted molar refractivity (Wildman–Crippen MR) is 94.7 cm³/mol. The molecule has 3 rings (SSSR count). The van der Waals surface area contributed by atoms with Gasteiger partial charge in [0.15, 0.2) is 5.75 Å². The molecule has 0 spiro atoms. The fourth-order valence-corrected chi connectivity index (χ4v) is 2.19. The van der Waals surface area contributed by atoms with Gasteiger partial charge in [-0.1, -0.05) is 24.3 Å². The van der Waals surface area contributed by atoms with E-state index in [1.54, 1.807) is 19.2 Å². The number of nitrogen functional groups attached to an aromatic ring is 2. The number of nitrogens with two attached hydrogens (primary N) is 4. The monoisotopic (exact) mass is 342 g/mol. The van der Waals surface area contributed by atoms with E-state index < -0.39 is 11.8 Å². The molecule has 9 N–H and O–H groups in total. The summed E-state index contributed by atoms with van der Waals surface area (Å²) >= 11 is 0. The Hall–Kier alpha value is -3.75. The minimum Gasteiger partial charge on any atom is -0.505 e. The number of phenols is 1. The minimum absolute atomic E-state index is 0.0474. The summed E-state index contributed by atoms with van der Waals surface area (Å²) < 4.78 is 1.39. The first-order valence-corrected chi connectivity index (χ1v) is 7.11. The normalized spacial score (nSPS) is 10.1. The van der Waals surface area contributed by atoms with E-state index in [0.29, 0.717) is 11.2 Å². The Labute approximate surface area is 142 Å². The third kappa shape index (κ3) is 3.44. The second-order valence-corrected chi connectivity index (χ2v) is 5.20. The molecule has 25 heavy (non-hydrogen) atoms. The predicted octanol–water partition coefficient (Wildman–Crippen LogP) is 0.328. The van der Waals surface area contributed by atoms with Gasteiger partial charge in [-0.15, -0.1) is 0 Å². The van der Waals surface area contributed by atoms with E-state index in [0.717, 1.165) is 5.39 Å². The van der Waals surface area contributed by atoms with Crippen molar-refractivity contribution in [2.75, 3.05) is 11.5 Å². The van der Waals surface area contributed by atoms with Gasteiger partial charge in [0, 0.05) is 12.4 Å². The van der Waals surface area contributed by atoms with E-state index in [9.17, 15) is 14.7 Å². The molecule has 0 aliphatic heterocycles. The quantitative estimate of drug-likeness (QED) is 0.331. The maximum atomic E-state index is 11.0. The number of anilines is 2. The zero-order valence-corrected chi connectivity index (χ0v) is 13.4. The molecule has 130 valence electrons. The van der Waals surface area contributed by atoms with Crippen LogP contribution >= 0.6 is 0 Å². The standard InChI is InChI=1S/C11H10N2O2.C5H8N4O/c12-9-7-4-2-1-3-6(7)5-8(10(9)14)11(13)15;1-9-4(6)3(2-8-9)5(7)10/h1-5,14H,12H2,(H2,13,15);2H,6H2,1H3,(H2,7,10).